The highest BCUT2D eigenvalue weighted by molar-refractivity contribution is 5.61. The Kier molecular flexibility index (Phi) is 5.03. The van der Waals surface area contributed by atoms with Gasteiger partial charge < -0.3 is 10.2 Å². The highest BCUT2D eigenvalue weighted by Crippen LogP contribution is 2.29. The van der Waals surface area contributed by atoms with Crippen LogP contribution in [0.25, 0.3) is 5.65 Å². The second kappa shape index (κ2) is 7.89. The van der Waals surface area contributed by atoms with Crippen LogP contribution >= 0.6 is 0 Å². The maximum absolute atomic E-state index is 4.79. The largest absolute Gasteiger partial charge is 0.350 e. The predicted octanol–water partition coefficient (Wildman–Crippen LogP) is 3.60. The Balaban J connectivity index is 1.42. The molecule has 0 spiro atoms. The minimum atomic E-state index is 0.521. The van der Waals surface area contributed by atoms with E-state index in [1.54, 1.807) is 10.8 Å². The fourth-order valence-electron chi connectivity index (χ4n) is 4.32. The van der Waals surface area contributed by atoms with Gasteiger partial charge in [-0.15, -0.1) is 15.3 Å². The summed E-state index contributed by atoms with van der Waals surface area (Å²) in [5, 5.41) is 21.1. The quantitative estimate of drug-likeness (QED) is 0.516. The molecule has 0 bridgehead atoms. The number of pyridine rings is 1. The number of aryl methyl sites for hydroxylation is 2. The number of nitrogens with one attached hydrogen (secondary N) is 1. The van der Waals surface area contributed by atoms with Crippen LogP contribution in [-0.2, 0) is 19.5 Å². The van der Waals surface area contributed by atoms with Gasteiger partial charge in [-0.1, -0.05) is 13.8 Å². The molecule has 0 aliphatic carbocycles. The normalized spacial score (nSPS) is 13.8. The second-order valence-corrected chi connectivity index (χ2v) is 9.05. The Morgan fingerprint density at radius 1 is 1.09 bits per heavy atom. The first-order chi connectivity index (χ1) is 15.4. The molecule has 0 fully saturated rings. The Morgan fingerprint density at radius 3 is 2.75 bits per heavy atom. The van der Waals surface area contributed by atoms with Crippen molar-refractivity contribution in [2.75, 3.05) is 16.8 Å². The third-order valence-electron chi connectivity index (χ3n) is 6.02. The van der Waals surface area contributed by atoms with Crippen molar-refractivity contribution in [1.82, 2.24) is 34.6 Å². The molecule has 5 rings (SSSR count). The molecule has 1 aliphatic rings. The number of aromatic nitrogens is 7. The van der Waals surface area contributed by atoms with E-state index in [1.807, 2.05) is 17.8 Å². The molecule has 1 aliphatic heterocycles. The number of anilines is 3. The number of hydrogen-bond donors (Lipinski definition) is 1. The second-order valence-electron chi connectivity index (χ2n) is 9.05. The number of fused-ring (bicyclic) bond motifs is 2. The van der Waals surface area contributed by atoms with Gasteiger partial charge in [0, 0.05) is 48.9 Å². The predicted molar refractivity (Wildman–Crippen MR) is 124 cm³/mol. The molecule has 0 aromatic carbocycles. The van der Waals surface area contributed by atoms with Crippen LogP contribution in [0.15, 0.2) is 24.7 Å². The van der Waals surface area contributed by atoms with E-state index in [0.717, 1.165) is 71.5 Å². The Hall–Kier alpha value is -3.49. The lowest BCUT2D eigenvalue weighted by Gasteiger charge is -2.30. The Morgan fingerprint density at radius 2 is 1.94 bits per heavy atom. The van der Waals surface area contributed by atoms with Gasteiger partial charge in [0.25, 0.3) is 0 Å². The first kappa shape index (κ1) is 20.4. The fraction of sp³-hybridized carbons (Fsp3) is 0.435. The summed E-state index contributed by atoms with van der Waals surface area (Å²) < 4.78 is 3.80. The van der Waals surface area contributed by atoms with Crippen LogP contribution < -0.4 is 10.2 Å². The maximum Gasteiger partial charge on any atom is 0.180 e. The monoisotopic (exact) mass is 431 g/mol. The lowest BCUT2D eigenvalue weighted by atomic mass is 10.0. The summed E-state index contributed by atoms with van der Waals surface area (Å²) in [4.78, 5) is 7.08. The molecule has 4 aromatic rings. The summed E-state index contributed by atoms with van der Waals surface area (Å²) in [6.45, 7) is 13.1. The third-order valence-corrected chi connectivity index (χ3v) is 6.02. The van der Waals surface area contributed by atoms with Gasteiger partial charge in [-0.3, -0.25) is 4.98 Å². The first-order valence-corrected chi connectivity index (χ1v) is 11.1. The molecule has 0 radical (unpaired) electrons. The molecule has 0 saturated heterocycles. The van der Waals surface area contributed by atoms with Gasteiger partial charge in [0.1, 0.15) is 12.1 Å². The van der Waals surface area contributed by atoms with Gasteiger partial charge in [-0.05, 0) is 38.3 Å². The van der Waals surface area contributed by atoms with E-state index in [2.05, 4.69) is 65.3 Å². The van der Waals surface area contributed by atoms with E-state index in [-0.39, 0.29) is 0 Å². The third kappa shape index (κ3) is 3.68. The van der Waals surface area contributed by atoms with Gasteiger partial charge >= 0.3 is 0 Å². The molecule has 5 heterocycles. The standard InChI is InChI=1S/C23H29N9/c1-14(2)11-31-21(8-15(3)28-31)26-19-9-18-12-30(7-6-20(18)24-10-19)23-17(5)16(4)22-27-25-13-32(22)29-23/h8-10,13-14,26H,6-7,11-12H2,1-5H3. The summed E-state index contributed by atoms with van der Waals surface area (Å²) in [6.07, 6.45) is 4.48. The van der Waals surface area contributed by atoms with Crippen molar-refractivity contribution in [1.29, 1.82) is 0 Å². The van der Waals surface area contributed by atoms with Crippen molar-refractivity contribution in [2.45, 2.75) is 54.1 Å². The topological polar surface area (TPSA) is 89.1 Å². The van der Waals surface area contributed by atoms with E-state index < -0.39 is 0 Å². The molecular formula is C23H29N9. The summed E-state index contributed by atoms with van der Waals surface area (Å²) in [6, 6.07) is 4.29. The lowest BCUT2D eigenvalue weighted by molar-refractivity contribution is 0.486. The van der Waals surface area contributed by atoms with Crippen molar-refractivity contribution in [3.63, 3.8) is 0 Å². The molecule has 4 aromatic heterocycles. The summed E-state index contributed by atoms with van der Waals surface area (Å²) in [5.74, 6) is 2.49. The van der Waals surface area contributed by atoms with Gasteiger partial charge in [0.15, 0.2) is 11.5 Å². The molecule has 9 heteroatoms. The minimum Gasteiger partial charge on any atom is -0.350 e. The van der Waals surface area contributed by atoms with Gasteiger partial charge in [-0.2, -0.15) is 9.61 Å². The molecule has 0 unspecified atom stereocenters. The van der Waals surface area contributed by atoms with Crippen molar-refractivity contribution in [3.8, 4) is 0 Å². The van der Waals surface area contributed by atoms with Gasteiger partial charge in [0.2, 0.25) is 0 Å². The molecule has 32 heavy (non-hydrogen) atoms. The van der Waals surface area contributed by atoms with E-state index in [0.29, 0.717) is 5.92 Å². The molecule has 0 atom stereocenters. The molecule has 9 nitrogen and oxygen atoms in total. The van der Waals surface area contributed by atoms with Crippen molar-refractivity contribution < 1.29 is 0 Å². The van der Waals surface area contributed by atoms with Crippen LogP contribution in [-0.4, -0.2) is 41.1 Å². The van der Waals surface area contributed by atoms with Crippen molar-refractivity contribution in [3.05, 3.63) is 52.7 Å². The average molecular weight is 432 g/mol. The average Bonchev–Trinajstić information content (AvgIpc) is 3.36. The van der Waals surface area contributed by atoms with E-state index in [1.165, 1.54) is 5.56 Å². The molecule has 0 amide bonds. The number of nitrogens with zero attached hydrogens (tertiary/aromatic N) is 8. The van der Waals surface area contributed by atoms with Crippen LogP contribution in [0.3, 0.4) is 0 Å². The zero-order valence-electron chi connectivity index (χ0n) is 19.3. The highest BCUT2D eigenvalue weighted by Gasteiger charge is 2.23. The van der Waals surface area contributed by atoms with E-state index in [4.69, 9.17) is 10.1 Å². The van der Waals surface area contributed by atoms with Gasteiger partial charge in [0.05, 0.1) is 17.6 Å². The van der Waals surface area contributed by atoms with E-state index >= 15 is 0 Å². The van der Waals surface area contributed by atoms with Crippen molar-refractivity contribution >= 4 is 23.0 Å². The minimum absolute atomic E-state index is 0.521. The number of rotatable bonds is 5. The summed E-state index contributed by atoms with van der Waals surface area (Å²) in [5.41, 5.74) is 7.42. The van der Waals surface area contributed by atoms with Crippen LogP contribution in [0.1, 0.15) is 41.9 Å². The fourth-order valence-corrected chi connectivity index (χ4v) is 4.32. The van der Waals surface area contributed by atoms with Crippen LogP contribution in [0.2, 0.25) is 0 Å². The van der Waals surface area contributed by atoms with Crippen LogP contribution in [0.4, 0.5) is 17.3 Å². The SMILES string of the molecule is Cc1cc(Nc2cnc3c(c2)CN(c2nn4cnnc4c(C)c2C)CC3)n(CC(C)C)n1. The highest BCUT2D eigenvalue weighted by atomic mass is 15.4. The summed E-state index contributed by atoms with van der Waals surface area (Å²) >= 11 is 0. The lowest BCUT2D eigenvalue weighted by Crippen LogP contribution is -2.33. The van der Waals surface area contributed by atoms with Gasteiger partial charge in [-0.25, -0.2) is 4.68 Å². The zero-order valence-corrected chi connectivity index (χ0v) is 19.3. The summed E-state index contributed by atoms with van der Waals surface area (Å²) in [7, 11) is 0. The Labute approximate surface area is 187 Å². The van der Waals surface area contributed by atoms with E-state index in [9.17, 15) is 0 Å². The Bertz CT molecular complexity index is 1280. The van der Waals surface area contributed by atoms with Crippen molar-refractivity contribution in [2.24, 2.45) is 5.92 Å². The smallest absolute Gasteiger partial charge is 0.180 e. The maximum atomic E-state index is 4.79. The molecule has 0 saturated carbocycles. The zero-order chi connectivity index (χ0) is 22.4. The molecular weight excluding hydrogens is 402 g/mol. The van der Waals surface area contributed by atoms with Crippen LogP contribution in [0.5, 0.6) is 0 Å². The first-order valence-electron chi connectivity index (χ1n) is 11.1. The number of hydrogen-bond acceptors (Lipinski definition) is 7. The van der Waals surface area contributed by atoms with Crippen LogP contribution in [0, 0.1) is 26.7 Å². The molecule has 166 valence electrons. The molecule has 1 N–H and O–H groups in total.